The molecule has 0 aliphatic carbocycles. The zero-order valence-electron chi connectivity index (χ0n) is 11.6. The fraction of sp³-hybridized carbons (Fsp3) is 0.533. The number of likely N-dealkylation sites (tertiary alicyclic amines) is 1. The van der Waals surface area contributed by atoms with E-state index in [4.69, 9.17) is 0 Å². The smallest absolute Gasteiger partial charge is 0.238 e. The first kappa shape index (κ1) is 14.0. The molecule has 0 aromatic heterocycles. The normalized spacial score (nSPS) is 15.6. The van der Waals surface area contributed by atoms with Crippen LogP contribution in [0, 0.1) is 0 Å². The highest BCUT2D eigenvalue weighted by Crippen LogP contribution is 2.16. The molecule has 0 spiro atoms. The fourth-order valence-electron chi connectivity index (χ4n) is 2.39. The third-order valence-corrected chi connectivity index (χ3v) is 3.35. The van der Waals surface area contributed by atoms with E-state index in [2.05, 4.69) is 27.7 Å². The second kappa shape index (κ2) is 7.26. The van der Waals surface area contributed by atoms with Crippen molar-refractivity contribution in [3.8, 4) is 0 Å². The van der Waals surface area contributed by atoms with Gasteiger partial charge in [-0.3, -0.25) is 9.69 Å². The van der Waals surface area contributed by atoms with Crippen LogP contribution in [0.4, 0.5) is 5.69 Å². The number of rotatable bonds is 6. The molecular weight excluding hydrogens is 238 g/mol. The summed E-state index contributed by atoms with van der Waals surface area (Å²) in [5.74, 6) is 0.0140. The van der Waals surface area contributed by atoms with Crippen LogP contribution >= 0.6 is 0 Å². The number of carbonyl (C=O) groups excluding carboxylic acids is 1. The summed E-state index contributed by atoms with van der Waals surface area (Å²) >= 11 is 0. The Kier molecular flexibility index (Phi) is 5.36. The average Bonchev–Trinajstić information content (AvgIpc) is 2.89. The van der Waals surface area contributed by atoms with Gasteiger partial charge in [0.05, 0.1) is 6.54 Å². The van der Waals surface area contributed by atoms with Gasteiger partial charge >= 0.3 is 0 Å². The van der Waals surface area contributed by atoms with E-state index in [1.807, 2.05) is 19.1 Å². The zero-order valence-corrected chi connectivity index (χ0v) is 11.6. The highest BCUT2D eigenvalue weighted by molar-refractivity contribution is 5.92. The van der Waals surface area contributed by atoms with Crippen molar-refractivity contribution in [3.63, 3.8) is 0 Å². The Morgan fingerprint density at radius 2 is 2.11 bits per heavy atom. The Bertz CT molecular complexity index is 414. The molecule has 1 aliphatic rings. The minimum absolute atomic E-state index is 0.0140. The molecule has 2 N–H and O–H groups in total. The summed E-state index contributed by atoms with van der Waals surface area (Å²) in [4.78, 5) is 14.1. The highest BCUT2D eigenvalue weighted by Gasteiger charge is 2.11. The van der Waals surface area contributed by atoms with E-state index >= 15 is 0 Å². The van der Waals surface area contributed by atoms with Gasteiger partial charge in [-0.05, 0) is 50.2 Å². The first-order chi connectivity index (χ1) is 9.28. The summed E-state index contributed by atoms with van der Waals surface area (Å²) in [7, 11) is 0. The number of anilines is 1. The van der Waals surface area contributed by atoms with Crippen molar-refractivity contribution < 1.29 is 4.79 Å². The van der Waals surface area contributed by atoms with E-state index < -0.39 is 0 Å². The zero-order chi connectivity index (χ0) is 13.5. The van der Waals surface area contributed by atoms with Gasteiger partial charge in [-0.1, -0.05) is 19.1 Å². The van der Waals surface area contributed by atoms with Gasteiger partial charge in [-0.25, -0.2) is 0 Å². The molecule has 1 heterocycles. The van der Waals surface area contributed by atoms with E-state index in [0.717, 1.165) is 18.8 Å². The van der Waals surface area contributed by atoms with Crippen LogP contribution in [-0.4, -0.2) is 37.0 Å². The average molecular weight is 261 g/mol. The van der Waals surface area contributed by atoms with Crippen LogP contribution in [0.25, 0.3) is 0 Å². The number of amides is 1. The lowest BCUT2D eigenvalue weighted by molar-refractivity contribution is -0.115. The van der Waals surface area contributed by atoms with Crippen LogP contribution in [0.3, 0.4) is 0 Å². The van der Waals surface area contributed by atoms with Crippen molar-refractivity contribution >= 4 is 11.6 Å². The van der Waals surface area contributed by atoms with Crippen molar-refractivity contribution in [1.29, 1.82) is 0 Å². The van der Waals surface area contributed by atoms with Gasteiger partial charge in [0.1, 0.15) is 0 Å². The lowest BCUT2D eigenvalue weighted by Gasteiger charge is -2.15. The van der Waals surface area contributed by atoms with Gasteiger partial charge in [0.15, 0.2) is 0 Å². The first-order valence-electron chi connectivity index (χ1n) is 7.10. The molecule has 1 aliphatic heterocycles. The number of hydrogen-bond donors (Lipinski definition) is 2. The molecule has 0 saturated carbocycles. The lowest BCUT2D eigenvalue weighted by atomic mass is 10.2. The molecule has 1 amide bonds. The van der Waals surface area contributed by atoms with Crippen LogP contribution in [0.5, 0.6) is 0 Å². The third kappa shape index (κ3) is 4.65. The van der Waals surface area contributed by atoms with Crippen molar-refractivity contribution in [1.82, 2.24) is 10.2 Å². The van der Waals surface area contributed by atoms with Gasteiger partial charge in [0.2, 0.25) is 5.91 Å². The van der Waals surface area contributed by atoms with Crippen LogP contribution in [0.1, 0.15) is 25.3 Å². The van der Waals surface area contributed by atoms with E-state index in [1.165, 1.54) is 31.5 Å². The van der Waals surface area contributed by atoms with Crippen LogP contribution in [-0.2, 0) is 11.3 Å². The minimum atomic E-state index is 0.0140. The van der Waals surface area contributed by atoms with E-state index in [1.54, 1.807) is 0 Å². The number of nitrogens with one attached hydrogen (secondary N) is 2. The monoisotopic (exact) mass is 261 g/mol. The Labute approximate surface area is 115 Å². The molecule has 19 heavy (non-hydrogen) atoms. The summed E-state index contributed by atoms with van der Waals surface area (Å²) in [5, 5.41) is 5.94. The maximum atomic E-state index is 11.6. The van der Waals surface area contributed by atoms with Crippen molar-refractivity contribution in [2.75, 3.05) is 31.5 Å². The molecule has 0 radical (unpaired) electrons. The third-order valence-electron chi connectivity index (χ3n) is 3.35. The highest BCUT2D eigenvalue weighted by atomic mass is 16.1. The van der Waals surface area contributed by atoms with Crippen LogP contribution in [0.15, 0.2) is 24.3 Å². The first-order valence-corrected chi connectivity index (χ1v) is 7.10. The van der Waals surface area contributed by atoms with E-state index in [9.17, 15) is 4.79 Å². The molecule has 1 saturated heterocycles. The van der Waals surface area contributed by atoms with Crippen molar-refractivity contribution in [2.24, 2.45) is 0 Å². The Hall–Kier alpha value is -1.39. The second-order valence-electron chi connectivity index (χ2n) is 5.01. The Balaban J connectivity index is 1.88. The fourth-order valence-corrected chi connectivity index (χ4v) is 2.39. The maximum absolute atomic E-state index is 11.6. The topological polar surface area (TPSA) is 44.4 Å². The summed E-state index contributed by atoms with van der Waals surface area (Å²) in [6.07, 6.45) is 2.61. The largest absolute Gasteiger partial charge is 0.325 e. The molecule has 104 valence electrons. The van der Waals surface area contributed by atoms with Gasteiger partial charge in [0, 0.05) is 12.2 Å². The van der Waals surface area contributed by atoms with Crippen molar-refractivity contribution in [2.45, 2.75) is 26.3 Å². The summed E-state index contributed by atoms with van der Waals surface area (Å²) < 4.78 is 0. The van der Waals surface area contributed by atoms with E-state index in [0.29, 0.717) is 6.54 Å². The molecule has 1 fully saturated rings. The SMILES string of the molecule is CCNCC(=O)Nc1cccc(CN2CCCC2)c1. The minimum Gasteiger partial charge on any atom is -0.325 e. The van der Waals surface area contributed by atoms with Crippen molar-refractivity contribution in [3.05, 3.63) is 29.8 Å². The van der Waals surface area contributed by atoms with Gasteiger partial charge in [-0.2, -0.15) is 0 Å². The van der Waals surface area contributed by atoms with Crippen LogP contribution < -0.4 is 10.6 Å². The summed E-state index contributed by atoms with van der Waals surface area (Å²) in [5.41, 5.74) is 2.16. The molecule has 0 unspecified atom stereocenters. The quantitative estimate of drug-likeness (QED) is 0.821. The van der Waals surface area contributed by atoms with Gasteiger partial charge in [-0.15, -0.1) is 0 Å². The van der Waals surface area contributed by atoms with Crippen LogP contribution in [0.2, 0.25) is 0 Å². The maximum Gasteiger partial charge on any atom is 0.238 e. The molecule has 4 nitrogen and oxygen atoms in total. The molecule has 4 heteroatoms. The predicted octanol–water partition coefficient (Wildman–Crippen LogP) is 1.83. The van der Waals surface area contributed by atoms with Gasteiger partial charge < -0.3 is 10.6 Å². The van der Waals surface area contributed by atoms with E-state index in [-0.39, 0.29) is 5.91 Å². The summed E-state index contributed by atoms with van der Waals surface area (Å²) in [6.45, 7) is 6.53. The molecular formula is C15H23N3O. The van der Waals surface area contributed by atoms with Gasteiger partial charge in [0.25, 0.3) is 0 Å². The molecule has 1 aromatic carbocycles. The number of hydrogen-bond acceptors (Lipinski definition) is 3. The summed E-state index contributed by atoms with van der Waals surface area (Å²) in [6, 6.07) is 8.14. The number of carbonyl (C=O) groups is 1. The molecule has 0 bridgehead atoms. The Morgan fingerprint density at radius 3 is 2.84 bits per heavy atom. The Morgan fingerprint density at radius 1 is 1.32 bits per heavy atom. The number of likely N-dealkylation sites (N-methyl/N-ethyl adjacent to an activating group) is 1. The molecule has 2 rings (SSSR count). The number of nitrogens with zero attached hydrogens (tertiary/aromatic N) is 1. The molecule has 0 atom stereocenters. The molecule has 1 aromatic rings. The second-order valence-corrected chi connectivity index (χ2v) is 5.01. The predicted molar refractivity (Wildman–Crippen MR) is 78.1 cm³/mol. The lowest BCUT2D eigenvalue weighted by Crippen LogP contribution is -2.27. The standard InChI is InChI=1S/C15H23N3O/c1-2-16-11-15(19)17-14-7-5-6-13(10-14)12-18-8-3-4-9-18/h5-7,10,16H,2-4,8-9,11-12H2,1H3,(H,17,19). The number of benzene rings is 1.